The molecule has 23 heavy (non-hydrogen) atoms. The van der Waals surface area contributed by atoms with Crippen molar-refractivity contribution in [2.24, 2.45) is 11.0 Å². The van der Waals surface area contributed by atoms with Crippen LogP contribution in [0.4, 0.5) is 5.69 Å². The fraction of sp³-hybridized carbons (Fsp3) is 0.333. The van der Waals surface area contributed by atoms with Gasteiger partial charge in [0, 0.05) is 5.02 Å². The van der Waals surface area contributed by atoms with Crippen molar-refractivity contribution >= 4 is 40.8 Å². The molecule has 1 N–H and O–H groups in total. The van der Waals surface area contributed by atoms with Crippen LogP contribution in [0.1, 0.15) is 12.5 Å². The monoisotopic (exact) mass is 335 g/mol. The highest BCUT2D eigenvalue weighted by Crippen LogP contribution is 2.32. The van der Waals surface area contributed by atoms with Crippen LogP contribution in [0, 0.1) is 12.8 Å². The molecule has 0 radical (unpaired) electrons. The predicted octanol–water partition coefficient (Wildman–Crippen LogP) is 1.03. The number of fused-ring (bicyclic) bond motifs is 1. The Morgan fingerprint density at radius 2 is 2.13 bits per heavy atom. The number of amides is 2. The van der Waals surface area contributed by atoms with Gasteiger partial charge in [-0.15, -0.1) is 0 Å². The highest BCUT2D eigenvalue weighted by atomic mass is 35.5. The maximum absolute atomic E-state index is 12.6. The molecule has 0 spiro atoms. The number of anilines is 1. The van der Waals surface area contributed by atoms with Crippen LogP contribution in [-0.2, 0) is 19.1 Å². The summed E-state index contributed by atoms with van der Waals surface area (Å²) in [7, 11) is 0. The van der Waals surface area contributed by atoms with Gasteiger partial charge in [-0.25, -0.2) is 9.69 Å². The topological polar surface area (TPSA) is 88.1 Å². The van der Waals surface area contributed by atoms with E-state index in [2.05, 4.69) is 10.5 Å². The second-order valence-corrected chi connectivity index (χ2v) is 5.65. The average molecular weight is 336 g/mol. The Bertz CT molecular complexity index is 746. The molecule has 120 valence electrons. The Hall–Kier alpha value is -2.41. The second-order valence-electron chi connectivity index (χ2n) is 5.25. The number of hydrazone groups is 1. The van der Waals surface area contributed by atoms with Crippen molar-refractivity contribution in [3.63, 3.8) is 0 Å². The van der Waals surface area contributed by atoms with E-state index >= 15 is 0 Å². The standard InChI is InChI=1S/C15H14ClN3O4/c1-3-23-15(22)12-10-11(17-18-12)14(21)19(13(10)20)8-5-4-7(2)9(16)6-8/h4-6,10-11,17H,3H2,1-2H3/t10-,11-/m1/s1. The van der Waals surface area contributed by atoms with E-state index in [1.54, 1.807) is 25.1 Å². The van der Waals surface area contributed by atoms with Gasteiger partial charge in [0.1, 0.15) is 12.0 Å². The number of carbonyl (C=O) groups is 3. The van der Waals surface area contributed by atoms with Crippen molar-refractivity contribution < 1.29 is 19.1 Å². The van der Waals surface area contributed by atoms with E-state index < -0.39 is 29.7 Å². The van der Waals surface area contributed by atoms with Crippen LogP contribution in [0.25, 0.3) is 0 Å². The van der Waals surface area contributed by atoms with Gasteiger partial charge >= 0.3 is 5.97 Å². The SMILES string of the molecule is CCOC(=O)C1=NN[C@H]2C(=O)N(c3ccc(C)c(Cl)c3)C(=O)[C@@H]12. The number of carbonyl (C=O) groups excluding carboxylic acids is 3. The van der Waals surface area contributed by atoms with Gasteiger partial charge in [0.2, 0.25) is 5.91 Å². The molecule has 3 rings (SSSR count). The molecule has 1 aromatic carbocycles. The third-order valence-electron chi connectivity index (χ3n) is 3.82. The molecule has 1 fully saturated rings. The summed E-state index contributed by atoms with van der Waals surface area (Å²) in [6, 6.07) is 4.02. The summed E-state index contributed by atoms with van der Waals surface area (Å²) in [5.41, 5.74) is 3.69. The summed E-state index contributed by atoms with van der Waals surface area (Å²) in [5.74, 6) is -2.65. The van der Waals surface area contributed by atoms with Gasteiger partial charge in [-0.2, -0.15) is 5.10 Å². The zero-order valence-corrected chi connectivity index (χ0v) is 13.3. The second kappa shape index (κ2) is 5.66. The third kappa shape index (κ3) is 2.37. The minimum atomic E-state index is -0.971. The van der Waals surface area contributed by atoms with Gasteiger partial charge in [-0.3, -0.25) is 15.0 Å². The van der Waals surface area contributed by atoms with Crippen molar-refractivity contribution in [3.05, 3.63) is 28.8 Å². The van der Waals surface area contributed by atoms with Gasteiger partial charge in [0.05, 0.1) is 12.3 Å². The lowest BCUT2D eigenvalue weighted by Gasteiger charge is -2.16. The minimum absolute atomic E-state index is 0.0732. The lowest BCUT2D eigenvalue weighted by Crippen LogP contribution is -2.36. The van der Waals surface area contributed by atoms with Crippen LogP contribution in [0.15, 0.2) is 23.3 Å². The van der Waals surface area contributed by atoms with Crippen LogP contribution in [0.3, 0.4) is 0 Å². The number of nitrogens with one attached hydrogen (secondary N) is 1. The number of halogens is 1. The van der Waals surface area contributed by atoms with Crippen molar-refractivity contribution in [3.8, 4) is 0 Å². The summed E-state index contributed by atoms with van der Waals surface area (Å²) in [6.45, 7) is 3.64. The zero-order valence-electron chi connectivity index (χ0n) is 12.5. The number of nitrogens with zero attached hydrogens (tertiary/aromatic N) is 2. The summed E-state index contributed by atoms with van der Waals surface area (Å²) in [5, 5.41) is 4.25. The van der Waals surface area contributed by atoms with E-state index in [9.17, 15) is 14.4 Å². The predicted molar refractivity (Wildman–Crippen MR) is 83.2 cm³/mol. The normalized spacial score (nSPS) is 22.7. The number of hydrogen-bond donors (Lipinski definition) is 1. The highest BCUT2D eigenvalue weighted by Gasteiger charge is 2.55. The molecule has 0 saturated carbocycles. The van der Waals surface area contributed by atoms with Crippen molar-refractivity contribution in [2.45, 2.75) is 19.9 Å². The first-order valence-electron chi connectivity index (χ1n) is 7.10. The fourth-order valence-corrected chi connectivity index (χ4v) is 2.81. The molecule has 1 saturated heterocycles. The van der Waals surface area contributed by atoms with E-state index in [1.165, 1.54) is 0 Å². The first-order chi connectivity index (χ1) is 11.0. The van der Waals surface area contributed by atoms with E-state index in [0.717, 1.165) is 10.5 Å². The van der Waals surface area contributed by atoms with Crippen LogP contribution in [0.5, 0.6) is 0 Å². The first kappa shape index (κ1) is 15.5. The van der Waals surface area contributed by atoms with E-state index in [1.807, 2.05) is 6.92 Å². The highest BCUT2D eigenvalue weighted by molar-refractivity contribution is 6.46. The van der Waals surface area contributed by atoms with Gasteiger partial charge in [-0.1, -0.05) is 17.7 Å². The number of aryl methyl sites for hydroxylation is 1. The summed E-state index contributed by atoms with van der Waals surface area (Å²) >= 11 is 6.07. The number of esters is 1. The summed E-state index contributed by atoms with van der Waals surface area (Å²) < 4.78 is 4.88. The number of imide groups is 1. The number of rotatable bonds is 3. The molecular weight excluding hydrogens is 322 g/mol. The quantitative estimate of drug-likeness (QED) is 0.658. The molecule has 7 nitrogen and oxygen atoms in total. The first-order valence-corrected chi connectivity index (χ1v) is 7.47. The molecule has 2 aliphatic heterocycles. The minimum Gasteiger partial charge on any atom is -0.461 e. The Labute approximate surface area is 137 Å². The molecule has 1 aromatic rings. The number of ether oxygens (including phenoxy) is 1. The average Bonchev–Trinajstić information content (AvgIpc) is 3.04. The van der Waals surface area contributed by atoms with Crippen LogP contribution >= 0.6 is 11.6 Å². The van der Waals surface area contributed by atoms with E-state index in [-0.39, 0.29) is 12.3 Å². The van der Waals surface area contributed by atoms with Crippen molar-refractivity contribution in [1.82, 2.24) is 5.43 Å². The molecule has 0 aromatic heterocycles. The maximum Gasteiger partial charge on any atom is 0.355 e. The largest absolute Gasteiger partial charge is 0.461 e. The Balaban J connectivity index is 1.93. The van der Waals surface area contributed by atoms with Crippen molar-refractivity contribution in [1.29, 1.82) is 0 Å². The Morgan fingerprint density at radius 1 is 1.39 bits per heavy atom. The molecule has 8 heteroatoms. The van der Waals surface area contributed by atoms with Crippen molar-refractivity contribution in [2.75, 3.05) is 11.5 Å². The lowest BCUT2D eigenvalue weighted by atomic mass is 9.99. The lowest BCUT2D eigenvalue weighted by molar-refractivity contribution is -0.136. The van der Waals surface area contributed by atoms with Gasteiger partial charge in [-0.05, 0) is 31.5 Å². The van der Waals surface area contributed by atoms with E-state index in [4.69, 9.17) is 16.3 Å². The Kier molecular flexibility index (Phi) is 3.81. The Morgan fingerprint density at radius 3 is 2.78 bits per heavy atom. The van der Waals surface area contributed by atoms with Gasteiger partial charge in [0.15, 0.2) is 5.71 Å². The molecule has 0 aliphatic carbocycles. The number of benzene rings is 1. The third-order valence-corrected chi connectivity index (χ3v) is 4.23. The van der Waals surface area contributed by atoms with Gasteiger partial charge in [0.25, 0.3) is 5.91 Å². The smallest absolute Gasteiger partial charge is 0.355 e. The maximum atomic E-state index is 12.6. The molecule has 2 heterocycles. The molecule has 2 atom stereocenters. The number of hydrogen-bond acceptors (Lipinski definition) is 6. The van der Waals surface area contributed by atoms with Gasteiger partial charge < -0.3 is 4.74 Å². The molecular formula is C15H14ClN3O4. The summed E-state index contributed by atoms with van der Waals surface area (Å²) in [6.07, 6.45) is 0. The van der Waals surface area contributed by atoms with Crippen LogP contribution in [0.2, 0.25) is 5.02 Å². The molecule has 0 bridgehead atoms. The van der Waals surface area contributed by atoms with E-state index in [0.29, 0.717) is 10.7 Å². The summed E-state index contributed by atoms with van der Waals surface area (Å²) in [4.78, 5) is 38.1. The molecule has 0 unspecified atom stereocenters. The fourth-order valence-electron chi connectivity index (χ4n) is 2.64. The molecule has 2 amide bonds. The molecule has 2 aliphatic rings. The zero-order chi connectivity index (χ0) is 16.7. The van der Waals surface area contributed by atoms with Crippen LogP contribution < -0.4 is 10.3 Å². The van der Waals surface area contributed by atoms with Crippen LogP contribution in [-0.4, -0.2) is 36.1 Å².